The first-order valence-corrected chi connectivity index (χ1v) is 6.11. The normalized spacial score (nSPS) is 14.8. The van der Waals surface area contributed by atoms with Gasteiger partial charge < -0.3 is 15.6 Å². The summed E-state index contributed by atoms with van der Waals surface area (Å²) in [5.41, 5.74) is 6.78. The minimum absolute atomic E-state index is 0.0334. The maximum Gasteiger partial charge on any atom is 0.0805 e. The molecule has 2 atom stereocenters. The molecule has 3 nitrogen and oxygen atoms in total. The van der Waals surface area contributed by atoms with Crippen LogP contribution in [0.5, 0.6) is 0 Å². The van der Waals surface area contributed by atoms with Gasteiger partial charge in [-0.15, -0.1) is 0 Å². The lowest BCUT2D eigenvalue weighted by Crippen LogP contribution is -2.24. The van der Waals surface area contributed by atoms with E-state index >= 15 is 0 Å². The second-order valence-electron chi connectivity index (χ2n) is 3.85. The van der Waals surface area contributed by atoms with Crippen LogP contribution in [0, 0.1) is 0 Å². The number of rotatable bonds is 6. The van der Waals surface area contributed by atoms with Gasteiger partial charge in [-0.2, -0.15) is 0 Å². The third-order valence-electron chi connectivity index (χ3n) is 2.45. The van der Waals surface area contributed by atoms with Crippen LogP contribution in [0.15, 0.2) is 28.7 Å². The van der Waals surface area contributed by atoms with E-state index in [1.807, 2.05) is 24.3 Å². The highest BCUT2D eigenvalue weighted by Crippen LogP contribution is 2.21. The van der Waals surface area contributed by atoms with Gasteiger partial charge in [0.15, 0.2) is 0 Å². The zero-order valence-electron chi connectivity index (χ0n) is 9.40. The summed E-state index contributed by atoms with van der Waals surface area (Å²) >= 11 is 3.38. The number of aliphatic hydroxyl groups is 1. The Morgan fingerprint density at radius 3 is 2.88 bits per heavy atom. The Morgan fingerprint density at radius 1 is 1.50 bits per heavy atom. The maximum atomic E-state index is 9.97. The molecule has 0 fully saturated rings. The van der Waals surface area contributed by atoms with Crippen LogP contribution in [0.2, 0.25) is 0 Å². The number of hydrogen-bond donors (Lipinski definition) is 2. The molecule has 0 saturated heterocycles. The number of methoxy groups -OCH3 is 1. The lowest BCUT2D eigenvalue weighted by Gasteiger charge is -2.16. The van der Waals surface area contributed by atoms with Crippen LogP contribution in [0.1, 0.15) is 24.5 Å². The molecule has 3 N–H and O–H groups in total. The van der Waals surface area contributed by atoms with Gasteiger partial charge in [0.05, 0.1) is 6.10 Å². The van der Waals surface area contributed by atoms with Gasteiger partial charge in [0.25, 0.3) is 0 Å². The van der Waals surface area contributed by atoms with Crippen molar-refractivity contribution in [2.75, 3.05) is 13.7 Å². The Bertz CT molecular complexity index is 320. The summed E-state index contributed by atoms with van der Waals surface area (Å²) in [5.74, 6) is 0. The summed E-state index contributed by atoms with van der Waals surface area (Å²) in [5, 5.41) is 9.97. The van der Waals surface area contributed by atoms with Gasteiger partial charge in [-0.25, -0.2) is 0 Å². The van der Waals surface area contributed by atoms with Gasteiger partial charge >= 0.3 is 0 Å². The van der Waals surface area contributed by atoms with Gasteiger partial charge in [-0.1, -0.05) is 28.1 Å². The summed E-state index contributed by atoms with van der Waals surface area (Å²) in [6, 6.07) is 7.62. The minimum atomic E-state index is -0.510. The van der Waals surface area contributed by atoms with Crippen LogP contribution >= 0.6 is 15.9 Å². The Morgan fingerprint density at radius 2 is 2.25 bits per heavy atom. The number of ether oxygens (including phenoxy) is 1. The Balaban J connectivity index is 2.48. The topological polar surface area (TPSA) is 55.5 Å². The molecule has 0 amide bonds. The molecule has 0 spiro atoms. The van der Waals surface area contributed by atoms with Crippen LogP contribution in [0.3, 0.4) is 0 Å². The van der Waals surface area contributed by atoms with Crippen LogP contribution in [0.25, 0.3) is 0 Å². The molecule has 2 unspecified atom stereocenters. The van der Waals surface area contributed by atoms with Crippen LogP contribution in [0.4, 0.5) is 0 Å². The summed E-state index contributed by atoms with van der Waals surface area (Å²) in [4.78, 5) is 0. The van der Waals surface area contributed by atoms with Crippen LogP contribution < -0.4 is 5.73 Å². The van der Waals surface area contributed by atoms with Crippen molar-refractivity contribution in [1.82, 2.24) is 0 Å². The van der Waals surface area contributed by atoms with Gasteiger partial charge in [0.1, 0.15) is 0 Å². The summed E-state index contributed by atoms with van der Waals surface area (Å²) in [6.07, 6.45) is 0.811. The first-order chi connectivity index (χ1) is 7.63. The number of aliphatic hydroxyl groups excluding tert-OH is 1. The monoisotopic (exact) mass is 287 g/mol. The second kappa shape index (κ2) is 7.01. The van der Waals surface area contributed by atoms with Crippen molar-refractivity contribution in [1.29, 1.82) is 0 Å². The number of hydrogen-bond acceptors (Lipinski definition) is 3. The van der Waals surface area contributed by atoms with Gasteiger partial charge in [-0.05, 0) is 30.5 Å². The smallest absolute Gasteiger partial charge is 0.0805 e. The largest absolute Gasteiger partial charge is 0.388 e. The third kappa shape index (κ3) is 4.61. The minimum Gasteiger partial charge on any atom is -0.388 e. The van der Waals surface area contributed by atoms with E-state index in [0.29, 0.717) is 13.0 Å². The van der Waals surface area contributed by atoms with E-state index in [-0.39, 0.29) is 6.04 Å². The number of benzene rings is 1. The van der Waals surface area contributed by atoms with Crippen molar-refractivity contribution in [3.63, 3.8) is 0 Å². The first-order valence-electron chi connectivity index (χ1n) is 5.31. The molecule has 0 aliphatic carbocycles. The quantitative estimate of drug-likeness (QED) is 0.844. The highest BCUT2D eigenvalue weighted by atomic mass is 79.9. The molecule has 0 bridgehead atoms. The zero-order valence-corrected chi connectivity index (χ0v) is 11.0. The molecule has 0 aliphatic rings. The summed E-state index contributed by atoms with van der Waals surface area (Å²) in [7, 11) is 1.65. The van der Waals surface area contributed by atoms with E-state index in [1.165, 1.54) is 0 Å². The van der Waals surface area contributed by atoms with Crippen molar-refractivity contribution in [2.24, 2.45) is 5.73 Å². The lowest BCUT2D eigenvalue weighted by atomic mass is 10.0. The number of nitrogens with two attached hydrogens (primary N) is 1. The maximum absolute atomic E-state index is 9.97. The Kier molecular flexibility index (Phi) is 5.98. The molecule has 1 rings (SSSR count). The standard InChI is InChI=1S/C12H18BrNO2/c1-16-6-5-11(14)8-12(15)9-3-2-4-10(13)7-9/h2-4,7,11-12,15H,5-6,8,14H2,1H3. The third-order valence-corrected chi connectivity index (χ3v) is 2.95. The lowest BCUT2D eigenvalue weighted by molar-refractivity contribution is 0.141. The fourth-order valence-electron chi connectivity index (χ4n) is 1.52. The molecule has 0 aliphatic heterocycles. The van der Waals surface area contributed by atoms with Crippen LogP contribution in [-0.2, 0) is 4.74 Å². The van der Waals surface area contributed by atoms with Crippen molar-refractivity contribution >= 4 is 15.9 Å². The average Bonchev–Trinajstić information content (AvgIpc) is 2.26. The predicted molar refractivity (Wildman–Crippen MR) is 68.2 cm³/mol. The van der Waals surface area contributed by atoms with E-state index < -0.39 is 6.10 Å². The first kappa shape index (κ1) is 13.6. The van der Waals surface area contributed by atoms with E-state index in [0.717, 1.165) is 16.5 Å². The highest BCUT2D eigenvalue weighted by Gasteiger charge is 2.12. The molecule has 1 aromatic rings. The molecule has 0 radical (unpaired) electrons. The Labute approximate surface area is 105 Å². The summed E-state index contributed by atoms with van der Waals surface area (Å²) in [6.45, 7) is 0.631. The molecule has 0 aromatic heterocycles. The van der Waals surface area contributed by atoms with E-state index in [2.05, 4.69) is 15.9 Å². The predicted octanol–water partition coefficient (Wildman–Crippen LogP) is 2.24. The molecule has 90 valence electrons. The molecule has 16 heavy (non-hydrogen) atoms. The van der Waals surface area contributed by atoms with Gasteiger partial charge in [0, 0.05) is 24.2 Å². The van der Waals surface area contributed by atoms with Crippen LogP contribution in [-0.4, -0.2) is 24.9 Å². The average molecular weight is 288 g/mol. The van der Waals surface area contributed by atoms with E-state index in [9.17, 15) is 5.11 Å². The van der Waals surface area contributed by atoms with E-state index in [4.69, 9.17) is 10.5 Å². The summed E-state index contributed by atoms with van der Waals surface area (Å²) < 4.78 is 5.92. The highest BCUT2D eigenvalue weighted by molar-refractivity contribution is 9.10. The molecule has 0 heterocycles. The number of halogens is 1. The molecule has 4 heteroatoms. The van der Waals surface area contributed by atoms with Crippen molar-refractivity contribution in [3.8, 4) is 0 Å². The SMILES string of the molecule is COCCC(N)CC(O)c1cccc(Br)c1. The molecule has 1 aromatic carbocycles. The van der Waals surface area contributed by atoms with Crippen molar-refractivity contribution in [2.45, 2.75) is 25.0 Å². The fourth-order valence-corrected chi connectivity index (χ4v) is 1.94. The molecular weight excluding hydrogens is 270 g/mol. The molecular formula is C12H18BrNO2. The second-order valence-corrected chi connectivity index (χ2v) is 4.76. The van der Waals surface area contributed by atoms with Crippen molar-refractivity contribution < 1.29 is 9.84 Å². The molecule has 0 saturated carbocycles. The van der Waals surface area contributed by atoms with Crippen molar-refractivity contribution in [3.05, 3.63) is 34.3 Å². The van der Waals surface area contributed by atoms with E-state index in [1.54, 1.807) is 7.11 Å². The Hall–Kier alpha value is -0.420. The van der Waals surface area contributed by atoms with Gasteiger partial charge in [-0.3, -0.25) is 0 Å². The van der Waals surface area contributed by atoms with Gasteiger partial charge in [0.2, 0.25) is 0 Å². The fraction of sp³-hybridized carbons (Fsp3) is 0.500. The zero-order chi connectivity index (χ0) is 12.0.